The van der Waals surface area contributed by atoms with Gasteiger partial charge in [0.25, 0.3) is 0 Å². The Balaban J connectivity index is 1.53. The molecule has 0 radical (unpaired) electrons. The Morgan fingerprint density at radius 2 is 1.97 bits per heavy atom. The number of nitrogens with zero attached hydrogens (tertiary/aromatic N) is 2. The topological polar surface area (TPSA) is 133 Å². The predicted octanol–water partition coefficient (Wildman–Crippen LogP) is 1.65. The Kier molecular flexibility index (Phi) is 6.79. The molecule has 3 rings (SSSR count). The molecule has 0 saturated carbocycles. The number of benzene rings is 1. The molecule has 0 bridgehead atoms. The molecule has 2 aromatic rings. The maximum atomic E-state index is 12.1. The molecule has 1 aliphatic heterocycles. The Hall–Kier alpha value is -3.69. The van der Waals surface area contributed by atoms with E-state index >= 15 is 0 Å². The number of ether oxygens (including phenoxy) is 2. The summed E-state index contributed by atoms with van der Waals surface area (Å²) < 4.78 is 15.3. The number of hydrogen-bond acceptors (Lipinski definition) is 8. The van der Waals surface area contributed by atoms with Crippen molar-refractivity contribution < 1.29 is 28.4 Å². The number of aromatic nitrogens is 2. The monoisotopic (exact) mass is 414 g/mol. The Bertz CT molecular complexity index is 964. The highest BCUT2D eigenvalue weighted by Gasteiger charge is 2.24. The first-order chi connectivity index (χ1) is 14.5. The molecule has 30 heavy (non-hydrogen) atoms. The van der Waals surface area contributed by atoms with Crippen molar-refractivity contribution in [3.8, 4) is 11.4 Å². The van der Waals surface area contributed by atoms with Gasteiger partial charge in [0.05, 0.1) is 30.8 Å². The van der Waals surface area contributed by atoms with Crippen LogP contribution in [-0.2, 0) is 25.5 Å². The number of urea groups is 1. The summed E-state index contributed by atoms with van der Waals surface area (Å²) in [6.07, 6.45) is 0.207. The minimum Gasteiger partial charge on any atom is -0.463 e. The number of amides is 2. The van der Waals surface area contributed by atoms with Crippen molar-refractivity contribution in [2.24, 2.45) is 0 Å². The van der Waals surface area contributed by atoms with E-state index in [1.165, 1.54) is 0 Å². The van der Waals surface area contributed by atoms with Gasteiger partial charge in [0, 0.05) is 12.0 Å². The normalized spacial score (nSPS) is 13.5. The molecule has 2 heterocycles. The number of aryl methyl sites for hydroxylation is 2. The Morgan fingerprint density at radius 3 is 2.70 bits per heavy atom. The summed E-state index contributed by atoms with van der Waals surface area (Å²) in [6.45, 7) is 3.60. The molecule has 1 aromatic carbocycles. The molecule has 2 amide bonds. The van der Waals surface area contributed by atoms with E-state index in [9.17, 15) is 14.4 Å². The molecule has 10 nitrogen and oxygen atoms in total. The third-order valence-electron chi connectivity index (χ3n) is 4.27. The lowest BCUT2D eigenvalue weighted by Crippen LogP contribution is -2.45. The summed E-state index contributed by atoms with van der Waals surface area (Å²) in [4.78, 5) is 39.8. The van der Waals surface area contributed by atoms with Crippen LogP contribution >= 0.6 is 0 Å². The molecule has 158 valence electrons. The molecular formula is C20H22N4O6. The summed E-state index contributed by atoms with van der Waals surface area (Å²) in [6, 6.07) is 7.19. The molecule has 2 N–H and O–H groups in total. The molecule has 0 fully saturated rings. The van der Waals surface area contributed by atoms with Gasteiger partial charge in [0.1, 0.15) is 6.61 Å². The molecular weight excluding hydrogens is 392 g/mol. The van der Waals surface area contributed by atoms with Crippen LogP contribution in [0.5, 0.6) is 0 Å². The Morgan fingerprint density at radius 1 is 1.20 bits per heavy atom. The van der Waals surface area contributed by atoms with Crippen LogP contribution in [0.2, 0.25) is 0 Å². The zero-order valence-corrected chi connectivity index (χ0v) is 16.7. The van der Waals surface area contributed by atoms with Gasteiger partial charge in [-0.15, -0.1) is 0 Å². The van der Waals surface area contributed by atoms with Crippen LogP contribution in [0.15, 0.2) is 40.1 Å². The van der Waals surface area contributed by atoms with Gasteiger partial charge >= 0.3 is 18.0 Å². The summed E-state index contributed by atoms with van der Waals surface area (Å²) in [5, 5.41) is 8.87. The predicted molar refractivity (Wildman–Crippen MR) is 104 cm³/mol. The SMILES string of the molecule is CCOC(=O)C1=C(COC(=O)CCc2nc(-c3ccc(C)cc3)no2)NC(=O)NC1. The van der Waals surface area contributed by atoms with Crippen molar-refractivity contribution in [1.82, 2.24) is 20.8 Å². The number of carbonyl (C=O) groups is 3. The maximum Gasteiger partial charge on any atom is 0.337 e. The van der Waals surface area contributed by atoms with Gasteiger partial charge < -0.3 is 24.6 Å². The number of carbonyl (C=O) groups excluding carboxylic acids is 3. The largest absolute Gasteiger partial charge is 0.463 e. The zero-order chi connectivity index (χ0) is 21.5. The van der Waals surface area contributed by atoms with Gasteiger partial charge in [-0.05, 0) is 13.8 Å². The average molecular weight is 414 g/mol. The number of rotatable bonds is 8. The second-order valence-corrected chi connectivity index (χ2v) is 6.52. The van der Waals surface area contributed by atoms with Crippen molar-refractivity contribution in [2.45, 2.75) is 26.7 Å². The molecule has 0 saturated heterocycles. The fourth-order valence-corrected chi connectivity index (χ4v) is 2.68. The summed E-state index contributed by atoms with van der Waals surface area (Å²) in [5.41, 5.74) is 2.35. The van der Waals surface area contributed by atoms with E-state index in [1.54, 1.807) is 6.92 Å². The second-order valence-electron chi connectivity index (χ2n) is 6.52. The van der Waals surface area contributed by atoms with Crippen LogP contribution in [0.3, 0.4) is 0 Å². The minimum atomic E-state index is -0.578. The first-order valence-corrected chi connectivity index (χ1v) is 9.45. The van der Waals surface area contributed by atoms with Gasteiger partial charge in [-0.2, -0.15) is 4.98 Å². The maximum absolute atomic E-state index is 12.1. The standard InChI is InChI=1S/C20H22N4O6/c1-3-28-19(26)14-10-21-20(27)22-15(14)11-29-17(25)9-8-16-23-18(24-30-16)13-6-4-12(2)5-7-13/h4-7H,3,8-11H2,1-2H3,(H2,21,22,27). The lowest BCUT2D eigenvalue weighted by Gasteiger charge is -2.21. The third kappa shape index (κ3) is 5.43. The summed E-state index contributed by atoms with van der Waals surface area (Å²) >= 11 is 0. The van der Waals surface area contributed by atoms with Crippen molar-refractivity contribution >= 4 is 18.0 Å². The second kappa shape index (κ2) is 9.68. The van der Waals surface area contributed by atoms with Crippen LogP contribution in [0.4, 0.5) is 4.79 Å². The van der Waals surface area contributed by atoms with Gasteiger partial charge in [0.15, 0.2) is 0 Å². The van der Waals surface area contributed by atoms with Crippen molar-refractivity contribution in [2.75, 3.05) is 19.8 Å². The smallest absolute Gasteiger partial charge is 0.337 e. The van der Waals surface area contributed by atoms with E-state index in [1.807, 2.05) is 31.2 Å². The number of nitrogens with one attached hydrogen (secondary N) is 2. The highest BCUT2D eigenvalue weighted by atomic mass is 16.5. The van der Waals surface area contributed by atoms with Crippen molar-refractivity contribution in [3.63, 3.8) is 0 Å². The molecule has 0 atom stereocenters. The molecule has 0 unspecified atom stereocenters. The van der Waals surface area contributed by atoms with Crippen LogP contribution < -0.4 is 10.6 Å². The fraction of sp³-hybridized carbons (Fsp3) is 0.350. The molecule has 0 spiro atoms. The molecule has 0 aliphatic carbocycles. The lowest BCUT2D eigenvalue weighted by atomic mass is 10.1. The minimum absolute atomic E-state index is 0.00131. The highest BCUT2D eigenvalue weighted by molar-refractivity contribution is 5.93. The van der Waals surface area contributed by atoms with Crippen LogP contribution in [0, 0.1) is 6.92 Å². The number of esters is 2. The van der Waals surface area contributed by atoms with E-state index in [4.69, 9.17) is 14.0 Å². The van der Waals surface area contributed by atoms with Crippen molar-refractivity contribution in [1.29, 1.82) is 0 Å². The molecule has 1 aliphatic rings. The first kappa shape index (κ1) is 21.0. The van der Waals surface area contributed by atoms with Gasteiger partial charge in [-0.1, -0.05) is 35.0 Å². The molecule has 1 aromatic heterocycles. The Labute approximate surface area is 172 Å². The average Bonchev–Trinajstić information content (AvgIpc) is 3.20. The first-order valence-electron chi connectivity index (χ1n) is 9.45. The van der Waals surface area contributed by atoms with E-state index in [0.29, 0.717) is 11.7 Å². The van der Waals surface area contributed by atoms with E-state index in [0.717, 1.165) is 11.1 Å². The summed E-state index contributed by atoms with van der Waals surface area (Å²) in [5.74, 6) is -0.358. The fourth-order valence-electron chi connectivity index (χ4n) is 2.68. The van der Waals surface area contributed by atoms with Crippen LogP contribution in [0.1, 0.15) is 24.8 Å². The van der Waals surface area contributed by atoms with Crippen LogP contribution in [-0.4, -0.2) is 47.9 Å². The zero-order valence-electron chi connectivity index (χ0n) is 16.7. The van der Waals surface area contributed by atoms with E-state index < -0.39 is 18.0 Å². The van der Waals surface area contributed by atoms with E-state index in [-0.39, 0.29) is 43.9 Å². The highest BCUT2D eigenvalue weighted by Crippen LogP contribution is 2.17. The van der Waals surface area contributed by atoms with Gasteiger partial charge in [-0.3, -0.25) is 4.79 Å². The summed E-state index contributed by atoms with van der Waals surface area (Å²) in [7, 11) is 0. The van der Waals surface area contributed by atoms with E-state index in [2.05, 4.69) is 20.8 Å². The quantitative estimate of drug-likeness (QED) is 0.623. The third-order valence-corrected chi connectivity index (χ3v) is 4.27. The van der Waals surface area contributed by atoms with Crippen molar-refractivity contribution in [3.05, 3.63) is 47.0 Å². The van der Waals surface area contributed by atoms with Gasteiger partial charge in [-0.25, -0.2) is 9.59 Å². The lowest BCUT2D eigenvalue weighted by molar-refractivity contribution is -0.143. The molecule has 10 heteroatoms. The number of hydrogen-bond donors (Lipinski definition) is 2. The van der Waals surface area contributed by atoms with Crippen LogP contribution in [0.25, 0.3) is 11.4 Å². The van der Waals surface area contributed by atoms with Gasteiger partial charge in [0.2, 0.25) is 11.7 Å².